The number of primary amides is 1. The number of hydrogen-bond donors (Lipinski definition) is 3. The molecule has 0 saturated heterocycles. The molecule has 1 aliphatic carbocycles. The number of nitrogens with two attached hydrogens (primary N) is 1. The molecule has 4 nitrogen and oxygen atoms in total. The lowest BCUT2D eigenvalue weighted by molar-refractivity contribution is 0.1000. The summed E-state index contributed by atoms with van der Waals surface area (Å²) in [5.41, 5.74) is 9.21. The first-order valence-electron chi connectivity index (χ1n) is 8.05. The summed E-state index contributed by atoms with van der Waals surface area (Å²) >= 11 is 0. The number of anilines is 1. The fourth-order valence-electron chi connectivity index (χ4n) is 3.25. The molecule has 3 rings (SSSR count). The Balaban J connectivity index is 1.91. The van der Waals surface area contributed by atoms with Crippen molar-refractivity contribution in [1.29, 1.82) is 0 Å². The minimum atomic E-state index is -0.816. The van der Waals surface area contributed by atoms with Crippen LogP contribution in [-0.2, 0) is 0 Å². The van der Waals surface area contributed by atoms with E-state index >= 15 is 0 Å². The van der Waals surface area contributed by atoms with Gasteiger partial charge in [0.1, 0.15) is 6.17 Å². The lowest BCUT2D eigenvalue weighted by Crippen LogP contribution is -2.33. The summed E-state index contributed by atoms with van der Waals surface area (Å²) in [6, 6.07) is 9.34. The topological polar surface area (TPSA) is 70.9 Å². The maximum Gasteiger partial charge on any atom is 0.250 e. The van der Waals surface area contributed by atoms with Crippen LogP contribution in [0.2, 0.25) is 0 Å². The van der Waals surface area contributed by atoms with Crippen LogP contribution < -0.4 is 11.1 Å². The number of hydrogen-bond acceptors (Lipinski definition) is 2. The summed E-state index contributed by atoms with van der Waals surface area (Å²) in [5, 5.41) is 3.34. The number of aryl methyl sites for hydroxylation is 1. The van der Waals surface area contributed by atoms with Gasteiger partial charge >= 0.3 is 0 Å². The molecular weight excluding hydrogens is 293 g/mol. The van der Waals surface area contributed by atoms with E-state index in [-0.39, 0.29) is 6.04 Å². The van der Waals surface area contributed by atoms with Gasteiger partial charge in [0.05, 0.1) is 11.6 Å². The minimum Gasteiger partial charge on any atom is -0.379 e. The Morgan fingerprint density at radius 3 is 2.74 bits per heavy atom. The Morgan fingerprint density at radius 1 is 1.30 bits per heavy atom. The Bertz CT molecular complexity index is 710. The predicted molar refractivity (Wildman–Crippen MR) is 90.3 cm³/mol. The molecule has 1 aromatic heterocycles. The molecule has 1 fully saturated rings. The minimum absolute atomic E-state index is 0.156. The number of aromatic amines is 1. The summed E-state index contributed by atoms with van der Waals surface area (Å²) in [4.78, 5) is 14.6. The first kappa shape index (κ1) is 15.6. The molecule has 4 N–H and O–H groups in total. The quantitative estimate of drug-likeness (QED) is 0.803. The van der Waals surface area contributed by atoms with E-state index in [9.17, 15) is 9.18 Å². The van der Waals surface area contributed by atoms with E-state index < -0.39 is 12.1 Å². The van der Waals surface area contributed by atoms with Gasteiger partial charge in [-0.05, 0) is 31.9 Å². The number of carbonyl (C=O) groups excluding carboxylic acids is 1. The maximum atomic E-state index is 14.1. The van der Waals surface area contributed by atoms with Crippen molar-refractivity contribution in [2.75, 3.05) is 5.32 Å². The van der Waals surface area contributed by atoms with Gasteiger partial charge in [0.25, 0.3) is 5.91 Å². The molecule has 1 heterocycles. The molecule has 0 spiro atoms. The molecule has 1 amide bonds. The number of carbonyl (C=O) groups is 1. The van der Waals surface area contributed by atoms with Gasteiger partial charge in [0.15, 0.2) is 0 Å². The van der Waals surface area contributed by atoms with E-state index in [1.807, 2.05) is 31.2 Å². The lowest BCUT2D eigenvalue weighted by atomic mass is 9.93. The number of benzene rings is 1. The Hall–Kier alpha value is -2.30. The molecule has 1 aliphatic rings. The number of alkyl halides is 1. The van der Waals surface area contributed by atoms with Gasteiger partial charge in [-0.2, -0.15) is 0 Å². The van der Waals surface area contributed by atoms with Crippen molar-refractivity contribution >= 4 is 11.6 Å². The van der Waals surface area contributed by atoms with Crippen LogP contribution in [0.3, 0.4) is 0 Å². The predicted octanol–water partition coefficient (Wildman–Crippen LogP) is 3.78. The number of nitrogens with one attached hydrogen (secondary N) is 2. The normalized spacial score (nSPS) is 21.1. The van der Waals surface area contributed by atoms with E-state index in [0.29, 0.717) is 12.0 Å². The number of halogens is 1. The van der Waals surface area contributed by atoms with Crippen molar-refractivity contribution < 1.29 is 9.18 Å². The summed E-state index contributed by atoms with van der Waals surface area (Å²) in [5.74, 6) is -0.452. The Kier molecular flexibility index (Phi) is 4.37. The van der Waals surface area contributed by atoms with Gasteiger partial charge in [-0.25, -0.2) is 4.39 Å². The molecule has 1 saturated carbocycles. The summed E-state index contributed by atoms with van der Waals surface area (Å²) < 4.78 is 14.1. The van der Waals surface area contributed by atoms with Gasteiger partial charge in [-0.15, -0.1) is 0 Å². The molecule has 1 aromatic carbocycles. The van der Waals surface area contributed by atoms with Crippen molar-refractivity contribution in [1.82, 2.24) is 4.98 Å². The maximum absolute atomic E-state index is 14.1. The van der Waals surface area contributed by atoms with Crippen LogP contribution in [0.5, 0.6) is 0 Å². The third kappa shape index (κ3) is 3.23. The summed E-state index contributed by atoms with van der Waals surface area (Å²) in [6.45, 7) is 1.82. The Labute approximate surface area is 135 Å². The van der Waals surface area contributed by atoms with Crippen molar-refractivity contribution in [3.63, 3.8) is 0 Å². The summed E-state index contributed by atoms with van der Waals surface area (Å²) in [6.07, 6.45) is 2.65. The molecule has 0 aliphatic heterocycles. The van der Waals surface area contributed by atoms with E-state index in [1.54, 1.807) is 6.07 Å². The van der Waals surface area contributed by atoms with Gasteiger partial charge in [-0.1, -0.05) is 31.0 Å². The van der Waals surface area contributed by atoms with Crippen LogP contribution in [0.25, 0.3) is 11.3 Å². The second-order valence-corrected chi connectivity index (χ2v) is 6.18. The van der Waals surface area contributed by atoms with Crippen molar-refractivity contribution in [2.45, 2.75) is 44.8 Å². The highest BCUT2D eigenvalue weighted by Gasteiger charge is 2.25. The fraction of sp³-hybridized carbons (Fsp3) is 0.389. The zero-order valence-electron chi connectivity index (χ0n) is 13.2. The van der Waals surface area contributed by atoms with E-state index in [0.717, 1.165) is 41.9 Å². The van der Waals surface area contributed by atoms with Crippen LogP contribution in [0.15, 0.2) is 30.3 Å². The average molecular weight is 315 g/mol. The van der Waals surface area contributed by atoms with E-state index in [4.69, 9.17) is 5.73 Å². The number of para-hydroxylation sites is 1. The van der Waals surface area contributed by atoms with Gasteiger partial charge < -0.3 is 16.0 Å². The van der Waals surface area contributed by atoms with Crippen molar-refractivity contribution in [3.8, 4) is 11.3 Å². The molecule has 0 unspecified atom stereocenters. The number of H-pyrrole nitrogens is 1. The summed E-state index contributed by atoms with van der Waals surface area (Å²) in [7, 11) is 0. The highest BCUT2D eigenvalue weighted by molar-refractivity contribution is 5.96. The third-order valence-electron chi connectivity index (χ3n) is 4.52. The molecule has 0 bridgehead atoms. The highest BCUT2D eigenvalue weighted by Crippen LogP contribution is 2.32. The molecule has 0 radical (unpaired) electrons. The van der Waals surface area contributed by atoms with Gasteiger partial charge in [-0.3, -0.25) is 4.79 Å². The Morgan fingerprint density at radius 2 is 2.04 bits per heavy atom. The zero-order valence-corrected chi connectivity index (χ0v) is 13.2. The molecular formula is C18H22FN3O. The SMILES string of the molecule is Cc1[nH]c(-c2ccccc2N[C@@H]2CCCC[C@@H]2F)cc1C(N)=O. The zero-order chi connectivity index (χ0) is 16.4. The lowest BCUT2D eigenvalue weighted by Gasteiger charge is -2.28. The number of rotatable bonds is 4. The third-order valence-corrected chi connectivity index (χ3v) is 4.52. The van der Waals surface area contributed by atoms with Crippen molar-refractivity contribution in [3.05, 3.63) is 41.6 Å². The smallest absolute Gasteiger partial charge is 0.250 e. The second-order valence-electron chi connectivity index (χ2n) is 6.18. The molecule has 5 heteroatoms. The van der Waals surface area contributed by atoms with Crippen LogP contribution in [-0.4, -0.2) is 23.1 Å². The van der Waals surface area contributed by atoms with Crippen molar-refractivity contribution in [2.24, 2.45) is 5.73 Å². The fourth-order valence-corrected chi connectivity index (χ4v) is 3.25. The first-order chi connectivity index (χ1) is 11.1. The number of amides is 1. The average Bonchev–Trinajstić information content (AvgIpc) is 2.92. The van der Waals surface area contributed by atoms with E-state index in [1.165, 1.54) is 0 Å². The highest BCUT2D eigenvalue weighted by atomic mass is 19.1. The monoisotopic (exact) mass is 315 g/mol. The van der Waals surface area contributed by atoms with Crippen LogP contribution in [0.4, 0.5) is 10.1 Å². The number of aromatic nitrogens is 1. The molecule has 2 atom stereocenters. The molecule has 23 heavy (non-hydrogen) atoms. The standard InChI is InChI=1S/C18H22FN3O/c1-11-13(18(20)23)10-17(21-11)12-6-2-4-8-15(12)22-16-9-5-3-7-14(16)19/h2,4,6,8,10,14,16,21-22H,3,5,7,9H2,1H3,(H2,20,23)/t14-,16+/m0/s1. The first-order valence-corrected chi connectivity index (χ1v) is 8.05. The second kappa shape index (κ2) is 6.44. The molecule has 122 valence electrons. The van der Waals surface area contributed by atoms with Crippen LogP contribution in [0.1, 0.15) is 41.7 Å². The largest absolute Gasteiger partial charge is 0.379 e. The van der Waals surface area contributed by atoms with Gasteiger partial charge in [0.2, 0.25) is 0 Å². The van der Waals surface area contributed by atoms with Gasteiger partial charge in [0, 0.05) is 22.6 Å². The molecule has 2 aromatic rings. The van der Waals surface area contributed by atoms with Crippen LogP contribution >= 0.6 is 0 Å². The van der Waals surface area contributed by atoms with E-state index in [2.05, 4.69) is 10.3 Å². The van der Waals surface area contributed by atoms with Crippen LogP contribution in [0, 0.1) is 6.92 Å².